The Morgan fingerprint density at radius 2 is 1.92 bits per heavy atom. The van der Waals surface area contributed by atoms with E-state index in [2.05, 4.69) is 26.9 Å². The number of ether oxygens (including phenoxy) is 2. The van der Waals surface area contributed by atoms with E-state index in [1.54, 1.807) is 0 Å². The van der Waals surface area contributed by atoms with Gasteiger partial charge in [0.15, 0.2) is 11.5 Å². The third kappa shape index (κ3) is 3.31. The van der Waals surface area contributed by atoms with Crippen LogP contribution >= 0.6 is 15.9 Å². The van der Waals surface area contributed by atoms with Gasteiger partial charge in [0.25, 0.3) is 0 Å². The SMILES string of the molecule is O=C(O)C1CCCCN1C(c1cccc(Br)c1)c1ccc2c(c1)OCO2. The molecule has 0 radical (unpaired) electrons. The molecular weight excluding hydrogens is 398 g/mol. The minimum atomic E-state index is -0.759. The Morgan fingerprint density at radius 1 is 1.12 bits per heavy atom. The first-order chi connectivity index (χ1) is 12.6. The van der Waals surface area contributed by atoms with Crippen LogP contribution in [0.5, 0.6) is 11.5 Å². The van der Waals surface area contributed by atoms with Gasteiger partial charge in [-0.3, -0.25) is 9.69 Å². The van der Waals surface area contributed by atoms with Crippen LogP contribution in [0.25, 0.3) is 0 Å². The van der Waals surface area contributed by atoms with Gasteiger partial charge in [-0.1, -0.05) is 40.5 Å². The van der Waals surface area contributed by atoms with Crippen LogP contribution in [-0.2, 0) is 4.79 Å². The zero-order valence-electron chi connectivity index (χ0n) is 14.2. The predicted octanol–water partition coefficient (Wildman–Crippen LogP) is 4.21. The number of nitrogens with zero attached hydrogens (tertiary/aromatic N) is 1. The molecule has 0 saturated carbocycles. The molecule has 0 spiro atoms. The Bertz CT molecular complexity index is 825. The van der Waals surface area contributed by atoms with E-state index in [1.165, 1.54) is 0 Å². The maximum atomic E-state index is 11.9. The first-order valence-electron chi connectivity index (χ1n) is 8.77. The van der Waals surface area contributed by atoms with Gasteiger partial charge in [0.1, 0.15) is 6.04 Å². The molecule has 5 nitrogen and oxygen atoms in total. The van der Waals surface area contributed by atoms with Crippen molar-refractivity contribution < 1.29 is 19.4 Å². The number of carboxylic acid groups (broad SMARTS) is 1. The average Bonchev–Trinajstić information content (AvgIpc) is 3.10. The number of benzene rings is 2. The van der Waals surface area contributed by atoms with E-state index in [4.69, 9.17) is 9.47 Å². The van der Waals surface area contributed by atoms with Gasteiger partial charge in [-0.05, 0) is 54.8 Å². The maximum Gasteiger partial charge on any atom is 0.320 e. The minimum Gasteiger partial charge on any atom is -0.480 e. The standard InChI is InChI=1S/C20H20BrNO4/c21-15-5-3-4-13(10-15)19(22-9-2-1-6-16(22)20(23)24)14-7-8-17-18(11-14)26-12-25-17/h3-5,7-8,10-11,16,19H,1-2,6,9,12H2,(H,23,24). The molecule has 2 atom stereocenters. The van der Waals surface area contributed by atoms with Crippen LogP contribution in [-0.4, -0.2) is 35.4 Å². The third-order valence-corrected chi connectivity index (χ3v) is 5.53. The van der Waals surface area contributed by atoms with Gasteiger partial charge in [0.05, 0.1) is 6.04 Å². The number of fused-ring (bicyclic) bond motifs is 1. The zero-order valence-corrected chi connectivity index (χ0v) is 15.8. The lowest BCUT2D eigenvalue weighted by molar-refractivity contribution is -0.145. The third-order valence-electron chi connectivity index (χ3n) is 5.04. The van der Waals surface area contributed by atoms with Crippen molar-refractivity contribution >= 4 is 21.9 Å². The normalized spacial score (nSPS) is 20.7. The molecule has 0 aromatic heterocycles. The van der Waals surface area contributed by atoms with Crippen LogP contribution < -0.4 is 9.47 Å². The highest BCUT2D eigenvalue weighted by atomic mass is 79.9. The monoisotopic (exact) mass is 417 g/mol. The number of hydrogen-bond acceptors (Lipinski definition) is 4. The first-order valence-corrected chi connectivity index (χ1v) is 9.56. The number of aliphatic carboxylic acids is 1. The largest absolute Gasteiger partial charge is 0.480 e. The van der Waals surface area contributed by atoms with Gasteiger partial charge in [0.2, 0.25) is 6.79 Å². The number of carbonyl (C=O) groups is 1. The van der Waals surface area contributed by atoms with Crippen molar-refractivity contribution in [2.45, 2.75) is 31.3 Å². The summed E-state index contributed by atoms with van der Waals surface area (Å²) in [7, 11) is 0. The van der Waals surface area contributed by atoms with Crippen molar-refractivity contribution in [2.24, 2.45) is 0 Å². The minimum absolute atomic E-state index is 0.150. The summed E-state index contributed by atoms with van der Waals surface area (Å²) in [5, 5.41) is 9.77. The van der Waals surface area contributed by atoms with Gasteiger partial charge in [-0.2, -0.15) is 0 Å². The fourth-order valence-corrected chi connectivity index (χ4v) is 4.28. The quantitative estimate of drug-likeness (QED) is 0.807. The van der Waals surface area contributed by atoms with E-state index < -0.39 is 12.0 Å². The van der Waals surface area contributed by atoms with Crippen LogP contribution in [0.3, 0.4) is 0 Å². The number of piperidine rings is 1. The van der Waals surface area contributed by atoms with E-state index in [-0.39, 0.29) is 12.8 Å². The molecule has 2 aliphatic rings. The zero-order chi connectivity index (χ0) is 18.1. The van der Waals surface area contributed by atoms with Gasteiger partial charge in [0, 0.05) is 4.47 Å². The Morgan fingerprint density at radius 3 is 2.73 bits per heavy atom. The highest BCUT2D eigenvalue weighted by Crippen LogP contribution is 2.40. The first kappa shape index (κ1) is 17.4. The molecule has 26 heavy (non-hydrogen) atoms. The Hall–Kier alpha value is -2.05. The summed E-state index contributed by atoms with van der Waals surface area (Å²) < 4.78 is 11.9. The Kier molecular flexibility index (Phi) is 4.87. The van der Waals surface area contributed by atoms with Gasteiger partial charge < -0.3 is 14.6 Å². The van der Waals surface area contributed by atoms with E-state index >= 15 is 0 Å². The molecule has 1 saturated heterocycles. The fourth-order valence-electron chi connectivity index (χ4n) is 3.86. The molecule has 2 heterocycles. The summed E-state index contributed by atoms with van der Waals surface area (Å²) in [4.78, 5) is 14.0. The van der Waals surface area contributed by atoms with Crippen molar-refractivity contribution in [1.82, 2.24) is 4.90 Å². The lowest BCUT2D eigenvalue weighted by Gasteiger charge is -2.39. The lowest BCUT2D eigenvalue weighted by Crippen LogP contribution is -2.46. The van der Waals surface area contributed by atoms with Crippen molar-refractivity contribution in [3.05, 3.63) is 58.1 Å². The number of likely N-dealkylation sites (tertiary alicyclic amines) is 1. The predicted molar refractivity (Wildman–Crippen MR) is 101 cm³/mol. The van der Waals surface area contributed by atoms with E-state index in [0.29, 0.717) is 12.2 Å². The summed E-state index contributed by atoms with van der Waals surface area (Å²) in [6.45, 7) is 0.977. The van der Waals surface area contributed by atoms with Crippen molar-refractivity contribution in [1.29, 1.82) is 0 Å². The molecule has 2 aliphatic heterocycles. The summed E-state index contributed by atoms with van der Waals surface area (Å²) in [5.74, 6) is 0.687. The van der Waals surface area contributed by atoms with E-state index in [1.807, 2.05) is 36.4 Å². The molecule has 1 N–H and O–H groups in total. The van der Waals surface area contributed by atoms with E-state index in [9.17, 15) is 9.90 Å². The van der Waals surface area contributed by atoms with Crippen LogP contribution in [0.15, 0.2) is 46.9 Å². The van der Waals surface area contributed by atoms with Crippen molar-refractivity contribution in [2.75, 3.05) is 13.3 Å². The van der Waals surface area contributed by atoms with Crippen LogP contribution in [0, 0.1) is 0 Å². The second kappa shape index (κ2) is 7.29. The summed E-state index contributed by atoms with van der Waals surface area (Å²) in [6, 6.07) is 13.3. The Balaban J connectivity index is 1.80. The molecule has 2 aromatic rings. The molecule has 136 valence electrons. The molecule has 0 amide bonds. The molecule has 1 fully saturated rings. The van der Waals surface area contributed by atoms with Crippen molar-refractivity contribution in [3.63, 3.8) is 0 Å². The van der Waals surface area contributed by atoms with Crippen LogP contribution in [0.4, 0.5) is 0 Å². The summed E-state index contributed by atoms with van der Waals surface area (Å²) in [5.41, 5.74) is 2.08. The van der Waals surface area contributed by atoms with Gasteiger partial charge >= 0.3 is 5.97 Å². The summed E-state index contributed by atoms with van der Waals surface area (Å²) in [6.07, 6.45) is 2.61. The summed E-state index contributed by atoms with van der Waals surface area (Å²) >= 11 is 3.54. The topological polar surface area (TPSA) is 59.0 Å². The number of halogens is 1. The number of carboxylic acids is 1. The molecule has 0 bridgehead atoms. The highest BCUT2D eigenvalue weighted by Gasteiger charge is 2.35. The van der Waals surface area contributed by atoms with Crippen LogP contribution in [0.2, 0.25) is 0 Å². The second-order valence-corrected chi connectivity index (χ2v) is 7.57. The molecule has 2 unspecified atom stereocenters. The highest BCUT2D eigenvalue weighted by molar-refractivity contribution is 9.10. The van der Waals surface area contributed by atoms with Gasteiger partial charge in [-0.15, -0.1) is 0 Å². The molecule has 0 aliphatic carbocycles. The average molecular weight is 418 g/mol. The number of hydrogen-bond donors (Lipinski definition) is 1. The molecule has 6 heteroatoms. The lowest BCUT2D eigenvalue weighted by atomic mass is 9.91. The molecule has 2 aromatic carbocycles. The smallest absolute Gasteiger partial charge is 0.320 e. The van der Waals surface area contributed by atoms with Crippen LogP contribution in [0.1, 0.15) is 36.4 Å². The van der Waals surface area contributed by atoms with Crippen molar-refractivity contribution in [3.8, 4) is 11.5 Å². The Labute approximate surface area is 160 Å². The second-order valence-electron chi connectivity index (χ2n) is 6.66. The fraction of sp³-hybridized carbons (Fsp3) is 0.350. The maximum absolute atomic E-state index is 11.9. The molecular formula is C20H20BrNO4. The molecule has 4 rings (SSSR count). The number of rotatable bonds is 4. The van der Waals surface area contributed by atoms with Gasteiger partial charge in [-0.25, -0.2) is 0 Å². The van der Waals surface area contributed by atoms with E-state index in [0.717, 1.165) is 40.7 Å².